The third kappa shape index (κ3) is 9.17. The number of hydrogen-bond acceptors (Lipinski definition) is 1. The summed E-state index contributed by atoms with van der Waals surface area (Å²) in [4.78, 5) is 0. The Morgan fingerprint density at radius 1 is 1.31 bits per heavy atom. The molecular weight excluding hydrogens is 158 g/mol. The molecule has 0 radical (unpaired) electrons. The van der Waals surface area contributed by atoms with E-state index in [4.69, 9.17) is 5.73 Å². The minimum atomic E-state index is 0.0413. The Balaban J connectivity index is 3.26. The summed E-state index contributed by atoms with van der Waals surface area (Å²) in [5.41, 5.74) is 5.75. The lowest BCUT2D eigenvalue weighted by atomic mass is 10.1. The second kappa shape index (κ2) is 9.35. The summed E-state index contributed by atoms with van der Waals surface area (Å²) >= 11 is 0. The average molecular weight is 179 g/mol. The largest absolute Gasteiger partial charge is 0.318 e. The van der Waals surface area contributed by atoms with Gasteiger partial charge in [-0.1, -0.05) is 57.4 Å². The van der Waals surface area contributed by atoms with Crippen LogP contribution < -0.4 is 5.73 Å². The molecule has 13 heavy (non-hydrogen) atoms. The molecule has 1 heteroatoms. The quantitative estimate of drug-likeness (QED) is 0.492. The van der Waals surface area contributed by atoms with Crippen molar-refractivity contribution in [2.24, 2.45) is 5.73 Å². The zero-order valence-electron chi connectivity index (χ0n) is 8.68. The fourth-order valence-electron chi connectivity index (χ4n) is 1.21. The summed E-state index contributed by atoms with van der Waals surface area (Å²) in [6, 6.07) is 0.0413. The molecule has 0 aliphatic carbocycles. The number of hydrogen-bond donors (Lipinski definition) is 1. The number of unbranched alkanes of at least 4 members (excludes halogenated alkanes) is 4. The fourth-order valence-corrected chi connectivity index (χ4v) is 1.21. The summed E-state index contributed by atoms with van der Waals surface area (Å²) in [5, 5.41) is 0. The summed E-state index contributed by atoms with van der Waals surface area (Å²) < 4.78 is 0. The molecule has 0 spiro atoms. The third-order valence-electron chi connectivity index (χ3n) is 1.99. The Morgan fingerprint density at radius 3 is 2.62 bits per heavy atom. The van der Waals surface area contributed by atoms with E-state index >= 15 is 0 Å². The number of rotatable bonds is 6. The van der Waals surface area contributed by atoms with E-state index in [1.807, 2.05) is 0 Å². The molecule has 0 rings (SSSR count). The molecule has 0 saturated carbocycles. The van der Waals surface area contributed by atoms with Crippen molar-refractivity contribution in [2.45, 2.75) is 51.5 Å². The van der Waals surface area contributed by atoms with Gasteiger partial charge in [0.15, 0.2) is 0 Å². The van der Waals surface area contributed by atoms with Crippen LogP contribution in [-0.2, 0) is 0 Å². The molecule has 0 saturated heterocycles. The van der Waals surface area contributed by atoms with Gasteiger partial charge in [0.05, 0.1) is 6.04 Å². The molecule has 2 N–H and O–H groups in total. The topological polar surface area (TPSA) is 26.0 Å². The molecule has 0 aromatic heterocycles. The van der Waals surface area contributed by atoms with Crippen LogP contribution in [0.3, 0.4) is 0 Å². The van der Waals surface area contributed by atoms with E-state index < -0.39 is 0 Å². The van der Waals surface area contributed by atoms with Crippen molar-refractivity contribution in [1.82, 2.24) is 0 Å². The molecule has 0 aliphatic heterocycles. The Bertz CT molecular complexity index is 173. The summed E-state index contributed by atoms with van der Waals surface area (Å²) in [6.45, 7) is 5.75. The first-order valence-electron chi connectivity index (χ1n) is 5.18. The maximum Gasteiger partial charge on any atom is 0.0668 e. The highest BCUT2D eigenvalue weighted by molar-refractivity contribution is 5.16. The van der Waals surface area contributed by atoms with Gasteiger partial charge in [-0.25, -0.2) is 0 Å². The highest BCUT2D eigenvalue weighted by atomic mass is 14.6. The van der Waals surface area contributed by atoms with Crippen molar-refractivity contribution in [3.63, 3.8) is 0 Å². The Morgan fingerprint density at radius 2 is 2.00 bits per heavy atom. The van der Waals surface area contributed by atoms with Gasteiger partial charge in [-0.2, -0.15) is 0 Å². The maximum atomic E-state index is 5.75. The van der Waals surface area contributed by atoms with Gasteiger partial charge in [0.1, 0.15) is 0 Å². The molecule has 1 unspecified atom stereocenters. The van der Waals surface area contributed by atoms with Crippen LogP contribution in [0.4, 0.5) is 0 Å². The van der Waals surface area contributed by atoms with E-state index in [2.05, 4.69) is 25.3 Å². The van der Waals surface area contributed by atoms with E-state index in [1.54, 1.807) is 6.08 Å². The minimum absolute atomic E-state index is 0.0413. The summed E-state index contributed by atoms with van der Waals surface area (Å²) in [7, 11) is 0. The van der Waals surface area contributed by atoms with Crippen molar-refractivity contribution < 1.29 is 0 Å². The molecule has 1 atom stereocenters. The fraction of sp³-hybridized carbons (Fsp3) is 0.667. The summed E-state index contributed by atoms with van der Waals surface area (Å²) in [6.07, 6.45) is 9.07. The molecule has 0 bridgehead atoms. The second-order valence-electron chi connectivity index (χ2n) is 3.30. The highest BCUT2D eigenvalue weighted by Crippen LogP contribution is 2.05. The first-order valence-corrected chi connectivity index (χ1v) is 5.18. The van der Waals surface area contributed by atoms with Gasteiger partial charge < -0.3 is 5.73 Å². The second-order valence-corrected chi connectivity index (χ2v) is 3.30. The Labute approximate surface area is 82.4 Å². The normalized spacial score (nSPS) is 11.5. The van der Waals surface area contributed by atoms with Crippen LogP contribution in [0.15, 0.2) is 12.7 Å². The smallest absolute Gasteiger partial charge is 0.0668 e. The first-order chi connectivity index (χ1) is 6.31. The van der Waals surface area contributed by atoms with E-state index in [0.717, 1.165) is 6.42 Å². The van der Waals surface area contributed by atoms with Gasteiger partial charge in [0, 0.05) is 0 Å². The van der Waals surface area contributed by atoms with E-state index in [-0.39, 0.29) is 6.04 Å². The number of allylic oxidation sites excluding steroid dienone is 1. The molecule has 74 valence electrons. The van der Waals surface area contributed by atoms with E-state index in [9.17, 15) is 0 Å². The van der Waals surface area contributed by atoms with Crippen molar-refractivity contribution in [1.29, 1.82) is 0 Å². The minimum Gasteiger partial charge on any atom is -0.318 e. The third-order valence-corrected chi connectivity index (χ3v) is 1.99. The maximum absolute atomic E-state index is 5.75. The molecule has 0 aliphatic rings. The number of nitrogens with two attached hydrogens (primary N) is 1. The van der Waals surface area contributed by atoms with Crippen LogP contribution >= 0.6 is 0 Å². The zero-order chi connectivity index (χ0) is 9.94. The SMILES string of the molecule is C=CC#CC(N)CCCCCCC. The predicted molar refractivity (Wildman–Crippen MR) is 59.3 cm³/mol. The average Bonchev–Trinajstić information content (AvgIpc) is 2.14. The van der Waals surface area contributed by atoms with E-state index in [0.29, 0.717) is 0 Å². The van der Waals surface area contributed by atoms with Crippen LogP contribution in [0.25, 0.3) is 0 Å². The first kappa shape index (κ1) is 12.3. The molecular formula is C12H21N. The molecule has 0 aromatic rings. The van der Waals surface area contributed by atoms with Crippen LogP contribution in [0.2, 0.25) is 0 Å². The van der Waals surface area contributed by atoms with Crippen molar-refractivity contribution in [3.05, 3.63) is 12.7 Å². The molecule has 0 heterocycles. The van der Waals surface area contributed by atoms with E-state index in [1.165, 1.54) is 32.1 Å². The predicted octanol–water partition coefficient (Wildman–Crippen LogP) is 2.86. The lowest BCUT2D eigenvalue weighted by Gasteiger charge is -2.02. The van der Waals surface area contributed by atoms with Crippen molar-refractivity contribution in [3.8, 4) is 11.8 Å². The highest BCUT2D eigenvalue weighted by Gasteiger charge is 1.96. The van der Waals surface area contributed by atoms with Crippen LogP contribution in [0.5, 0.6) is 0 Å². The molecule has 0 amide bonds. The van der Waals surface area contributed by atoms with Crippen molar-refractivity contribution in [2.75, 3.05) is 0 Å². The van der Waals surface area contributed by atoms with Gasteiger partial charge >= 0.3 is 0 Å². The van der Waals surface area contributed by atoms with Crippen LogP contribution in [-0.4, -0.2) is 6.04 Å². The van der Waals surface area contributed by atoms with Gasteiger partial charge in [-0.05, 0) is 12.5 Å². The van der Waals surface area contributed by atoms with Gasteiger partial charge in [0.2, 0.25) is 0 Å². The van der Waals surface area contributed by atoms with Gasteiger partial charge in [-0.3, -0.25) is 0 Å². The van der Waals surface area contributed by atoms with Crippen LogP contribution in [0.1, 0.15) is 45.4 Å². The zero-order valence-corrected chi connectivity index (χ0v) is 8.68. The Kier molecular flexibility index (Phi) is 8.82. The molecule has 0 aromatic carbocycles. The van der Waals surface area contributed by atoms with Crippen LogP contribution in [0, 0.1) is 11.8 Å². The van der Waals surface area contributed by atoms with Gasteiger partial charge in [-0.15, -0.1) is 0 Å². The van der Waals surface area contributed by atoms with Crippen molar-refractivity contribution >= 4 is 0 Å². The summed E-state index contributed by atoms with van der Waals surface area (Å²) in [5.74, 6) is 5.72. The lowest BCUT2D eigenvalue weighted by Crippen LogP contribution is -2.16. The Hall–Kier alpha value is -0.740. The molecule has 0 fully saturated rings. The monoisotopic (exact) mass is 179 g/mol. The molecule has 1 nitrogen and oxygen atoms in total. The standard InChI is InChI=1S/C12H21N/c1-3-5-7-8-9-11-12(13)10-6-4-2/h4,12H,2-3,5,7-9,11,13H2,1H3. The van der Waals surface area contributed by atoms with Gasteiger partial charge in [0.25, 0.3) is 0 Å². The lowest BCUT2D eigenvalue weighted by molar-refractivity contribution is 0.588.